The summed E-state index contributed by atoms with van der Waals surface area (Å²) in [5.74, 6) is -1.29. The zero-order valence-electron chi connectivity index (χ0n) is 12.6. The Balaban J connectivity index is 2.31. The lowest BCUT2D eigenvalue weighted by atomic mass is 10.3. The monoisotopic (exact) mass is 355 g/mol. The molecule has 0 aliphatic heterocycles. The predicted octanol–water partition coefficient (Wildman–Crippen LogP) is 2.61. The summed E-state index contributed by atoms with van der Waals surface area (Å²) in [5.41, 5.74) is 0.636. The zero-order valence-corrected chi connectivity index (χ0v) is 13.4. The predicted molar refractivity (Wildman–Crippen MR) is 83.5 cm³/mol. The van der Waals surface area contributed by atoms with E-state index in [-0.39, 0.29) is 17.0 Å². The third kappa shape index (κ3) is 2.78. The molecule has 0 spiro atoms. The van der Waals surface area contributed by atoms with Crippen LogP contribution in [0, 0.1) is 0 Å². The van der Waals surface area contributed by atoms with Crippen molar-refractivity contribution in [3.05, 3.63) is 36.4 Å². The van der Waals surface area contributed by atoms with Gasteiger partial charge in [-0.2, -0.15) is 13.2 Å². The maximum absolute atomic E-state index is 13.0. The standard InChI is InChI=1S/C14H12F3N5OS/c1-18-11-10-12(21-13(20-11)14(15,16)17)22(7-19-10)8-5-3-4-6-9(8)24(2)23/h3-7H,1-2H3,(H,18,20,21). The first kappa shape index (κ1) is 16.5. The van der Waals surface area contributed by atoms with Gasteiger partial charge in [0.05, 0.1) is 0 Å². The molecule has 1 N–H and O–H groups in total. The van der Waals surface area contributed by atoms with Gasteiger partial charge in [-0.25, -0.2) is 15.0 Å². The molecule has 3 aromatic rings. The van der Waals surface area contributed by atoms with Crippen LogP contribution in [0.2, 0.25) is 0 Å². The number of anilines is 1. The van der Waals surface area contributed by atoms with Crippen LogP contribution in [0.25, 0.3) is 16.9 Å². The Morgan fingerprint density at radius 2 is 1.92 bits per heavy atom. The van der Waals surface area contributed by atoms with E-state index in [0.717, 1.165) is 0 Å². The van der Waals surface area contributed by atoms with Crippen LogP contribution in [0.4, 0.5) is 19.0 Å². The molecule has 0 aliphatic rings. The Labute approximate surface area is 137 Å². The smallest absolute Gasteiger partial charge is 0.451 e. The third-order valence-corrected chi connectivity index (χ3v) is 4.29. The molecular weight excluding hydrogens is 343 g/mol. The minimum atomic E-state index is -4.69. The van der Waals surface area contributed by atoms with Gasteiger partial charge in [-0.1, -0.05) is 12.1 Å². The molecule has 3 rings (SSSR count). The van der Waals surface area contributed by atoms with Crippen molar-refractivity contribution in [2.45, 2.75) is 11.1 Å². The molecule has 0 radical (unpaired) electrons. The summed E-state index contributed by atoms with van der Waals surface area (Å²) >= 11 is -1.33. The van der Waals surface area contributed by atoms with Crippen LogP contribution >= 0.6 is 0 Å². The van der Waals surface area contributed by atoms with E-state index in [1.807, 2.05) is 0 Å². The molecule has 2 heterocycles. The van der Waals surface area contributed by atoms with Gasteiger partial charge in [0.15, 0.2) is 21.9 Å². The Bertz CT molecular complexity index is 894. The van der Waals surface area contributed by atoms with Crippen LogP contribution in [-0.4, -0.2) is 37.4 Å². The fraction of sp³-hybridized carbons (Fsp3) is 0.214. The van der Waals surface area contributed by atoms with E-state index < -0.39 is 23.2 Å². The van der Waals surface area contributed by atoms with E-state index in [4.69, 9.17) is 0 Å². The van der Waals surface area contributed by atoms with Crippen LogP contribution in [0.5, 0.6) is 0 Å². The van der Waals surface area contributed by atoms with Gasteiger partial charge in [0.25, 0.3) is 0 Å². The van der Waals surface area contributed by atoms with Crippen LogP contribution in [-0.2, 0) is 17.4 Å². The molecule has 1 aromatic carbocycles. The summed E-state index contributed by atoms with van der Waals surface area (Å²) in [5, 5.41) is 2.60. The lowest BCUT2D eigenvalue weighted by Gasteiger charge is -2.12. The van der Waals surface area contributed by atoms with Crippen molar-refractivity contribution in [2.24, 2.45) is 0 Å². The van der Waals surface area contributed by atoms with Crippen molar-refractivity contribution in [3.8, 4) is 5.69 Å². The molecule has 0 bridgehead atoms. The van der Waals surface area contributed by atoms with E-state index in [0.29, 0.717) is 10.6 Å². The molecule has 0 aliphatic carbocycles. The highest BCUT2D eigenvalue weighted by atomic mass is 32.2. The lowest BCUT2D eigenvalue weighted by molar-refractivity contribution is -0.144. The average molecular weight is 355 g/mol. The molecule has 1 unspecified atom stereocenters. The summed E-state index contributed by atoms with van der Waals surface area (Å²) < 4.78 is 52.4. The van der Waals surface area contributed by atoms with E-state index >= 15 is 0 Å². The number of imidazole rings is 1. The number of hydrogen-bond donors (Lipinski definition) is 1. The third-order valence-electron chi connectivity index (χ3n) is 3.32. The first-order valence-corrected chi connectivity index (χ1v) is 8.31. The molecule has 6 nitrogen and oxygen atoms in total. The van der Waals surface area contributed by atoms with Crippen molar-refractivity contribution >= 4 is 28.2 Å². The SMILES string of the molecule is CNc1nc(C(F)(F)F)nc2c1ncn2-c1ccccc1[S+](C)[O-]. The number of hydrogen-bond acceptors (Lipinski definition) is 5. The fourth-order valence-electron chi connectivity index (χ4n) is 2.28. The number of alkyl halides is 3. The van der Waals surface area contributed by atoms with Gasteiger partial charge < -0.3 is 9.87 Å². The molecule has 1 atom stereocenters. The fourth-order valence-corrected chi connectivity index (χ4v) is 3.01. The second-order valence-corrected chi connectivity index (χ2v) is 6.20. The van der Waals surface area contributed by atoms with Crippen LogP contribution in [0.15, 0.2) is 35.5 Å². The van der Waals surface area contributed by atoms with Crippen molar-refractivity contribution in [2.75, 3.05) is 18.6 Å². The number of rotatable bonds is 3. The topological polar surface area (TPSA) is 78.7 Å². The normalized spacial score (nSPS) is 13.2. The highest BCUT2D eigenvalue weighted by molar-refractivity contribution is 7.90. The molecule has 24 heavy (non-hydrogen) atoms. The molecule has 2 aromatic heterocycles. The number of nitrogens with one attached hydrogen (secondary N) is 1. The van der Waals surface area contributed by atoms with Gasteiger partial charge in [0.1, 0.15) is 18.3 Å². The van der Waals surface area contributed by atoms with E-state index in [1.54, 1.807) is 24.3 Å². The molecule has 0 saturated carbocycles. The van der Waals surface area contributed by atoms with Crippen LogP contribution in [0.1, 0.15) is 5.82 Å². The quantitative estimate of drug-likeness (QED) is 0.731. The summed E-state index contributed by atoms with van der Waals surface area (Å²) in [6, 6.07) is 6.69. The van der Waals surface area contributed by atoms with Crippen molar-refractivity contribution in [1.82, 2.24) is 19.5 Å². The minimum Gasteiger partial charge on any atom is -0.612 e. The number of benzene rings is 1. The second kappa shape index (κ2) is 5.95. The summed E-state index contributed by atoms with van der Waals surface area (Å²) in [4.78, 5) is 11.7. The Kier molecular flexibility index (Phi) is 4.10. The largest absolute Gasteiger partial charge is 0.612 e. The molecule has 10 heteroatoms. The molecule has 0 fully saturated rings. The van der Waals surface area contributed by atoms with Crippen LogP contribution in [0.3, 0.4) is 0 Å². The van der Waals surface area contributed by atoms with E-state index in [9.17, 15) is 17.7 Å². The maximum atomic E-state index is 13.0. The Morgan fingerprint density at radius 1 is 1.21 bits per heavy atom. The van der Waals surface area contributed by atoms with Gasteiger partial charge in [0.2, 0.25) is 5.82 Å². The van der Waals surface area contributed by atoms with E-state index in [1.165, 1.54) is 24.2 Å². The molecule has 0 amide bonds. The number of halogens is 3. The first-order valence-electron chi connectivity index (χ1n) is 6.75. The van der Waals surface area contributed by atoms with Gasteiger partial charge >= 0.3 is 6.18 Å². The maximum Gasteiger partial charge on any atom is 0.451 e. The summed E-state index contributed by atoms with van der Waals surface area (Å²) in [6.45, 7) is 0. The highest BCUT2D eigenvalue weighted by Crippen LogP contribution is 2.31. The van der Waals surface area contributed by atoms with Crippen molar-refractivity contribution < 1.29 is 17.7 Å². The van der Waals surface area contributed by atoms with Crippen LogP contribution < -0.4 is 5.32 Å². The second-order valence-electron chi connectivity index (χ2n) is 4.85. The van der Waals surface area contributed by atoms with Gasteiger partial charge in [0, 0.05) is 7.05 Å². The molecular formula is C14H12F3N5OS. The number of fused-ring (bicyclic) bond motifs is 1. The Hall–Kier alpha value is -2.33. The van der Waals surface area contributed by atoms with Gasteiger partial charge in [-0.15, -0.1) is 0 Å². The average Bonchev–Trinajstić information content (AvgIpc) is 2.96. The van der Waals surface area contributed by atoms with Crippen molar-refractivity contribution in [3.63, 3.8) is 0 Å². The first-order chi connectivity index (χ1) is 11.3. The summed E-state index contributed by atoms with van der Waals surface area (Å²) in [6.07, 6.45) is -1.86. The zero-order chi connectivity index (χ0) is 17.5. The number of aromatic nitrogens is 4. The minimum absolute atomic E-state index is 0.0143. The number of para-hydroxylation sites is 1. The Morgan fingerprint density at radius 3 is 2.54 bits per heavy atom. The van der Waals surface area contributed by atoms with E-state index in [2.05, 4.69) is 20.3 Å². The summed E-state index contributed by atoms with van der Waals surface area (Å²) in [7, 11) is 1.45. The van der Waals surface area contributed by atoms with Crippen molar-refractivity contribution in [1.29, 1.82) is 0 Å². The highest BCUT2D eigenvalue weighted by Gasteiger charge is 2.36. The lowest BCUT2D eigenvalue weighted by Crippen LogP contribution is -2.14. The number of nitrogens with zero attached hydrogens (tertiary/aromatic N) is 4. The van der Waals surface area contributed by atoms with Gasteiger partial charge in [-0.3, -0.25) is 4.57 Å². The molecule has 126 valence electrons. The molecule has 0 saturated heterocycles. The van der Waals surface area contributed by atoms with Gasteiger partial charge in [-0.05, 0) is 23.3 Å².